The largest absolute Gasteiger partial charge is 0.353 e. The second kappa shape index (κ2) is 9.11. The summed E-state index contributed by atoms with van der Waals surface area (Å²) in [7, 11) is 0. The van der Waals surface area contributed by atoms with Gasteiger partial charge in [0.25, 0.3) is 0 Å². The molecule has 2 aliphatic rings. The van der Waals surface area contributed by atoms with Gasteiger partial charge in [-0.15, -0.1) is 24.0 Å². The van der Waals surface area contributed by atoms with Crippen molar-refractivity contribution in [2.75, 3.05) is 18.1 Å². The number of benzene rings is 1. The lowest BCUT2D eigenvalue weighted by Crippen LogP contribution is -2.46. The molecule has 3 atom stereocenters. The van der Waals surface area contributed by atoms with Gasteiger partial charge in [0.15, 0.2) is 5.96 Å². The molecule has 2 N–H and O–H groups in total. The van der Waals surface area contributed by atoms with E-state index in [1.165, 1.54) is 18.6 Å². The smallest absolute Gasteiger partial charge is 0.191 e. The van der Waals surface area contributed by atoms with Gasteiger partial charge in [0, 0.05) is 30.3 Å². The molecular formula is C17H25FIN3S. The highest BCUT2D eigenvalue weighted by molar-refractivity contribution is 14.0. The van der Waals surface area contributed by atoms with Crippen LogP contribution >= 0.6 is 35.7 Å². The molecule has 0 spiro atoms. The number of hydrogen-bond donors (Lipinski definition) is 2. The van der Waals surface area contributed by atoms with Crippen LogP contribution in [0.1, 0.15) is 37.7 Å². The molecular weight excluding hydrogens is 424 g/mol. The standard InChI is InChI=1S/C17H24FN3S.HI/c1-2-19-17(20-12-6-5-9-22-11-12)21-16-10-14(16)13-7-3-4-8-15(13)18;/h3-4,7-8,12,14,16H,2,5-6,9-11H2,1H3,(H2,19,20,21);1H. The number of halogens is 2. The first-order valence-corrected chi connectivity index (χ1v) is 9.33. The van der Waals surface area contributed by atoms with E-state index >= 15 is 0 Å². The Morgan fingerprint density at radius 1 is 1.35 bits per heavy atom. The fraction of sp³-hybridized carbons (Fsp3) is 0.588. The molecule has 0 radical (unpaired) electrons. The van der Waals surface area contributed by atoms with E-state index in [1.54, 1.807) is 12.1 Å². The Bertz CT molecular complexity index is 534. The number of hydrogen-bond acceptors (Lipinski definition) is 2. The zero-order chi connectivity index (χ0) is 15.4. The monoisotopic (exact) mass is 449 g/mol. The lowest BCUT2D eigenvalue weighted by molar-refractivity contribution is 0.578. The fourth-order valence-corrected chi connectivity index (χ4v) is 4.06. The van der Waals surface area contributed by atoms with E-state index in [2.05, 4.69) is 15.6 Å². The molecule has 1 saturated heterocycles. The molecule has 1 saturated carbocycles. The molecule has 1 heterocycles. The topological polar surface area (TPSA) is 36.4 Å². The Labute approximate surface area is 159 Å². The maximum absolute atomic E-state index is 13.8. The summed E-state index contributed by atoms with van der Waals surface area (Å²) in [4.78, 5) is 4.54. The molecule has 1 aliphatic carbocycles. The molecule has 6 heteroatoms. The molecule has 3 rings (SSSR count). The Kier molecular flexibility index (Phi) is 7.46. The maximum atomic E-state index is 13.8. The minimum atomic E-state index is -0.0950. The van der Waals surface area contributed by atoms with Gasteiger partial charge < -0.3 is 10.6 Å². The number of nitrogens with zero attached hydrogens (tertiary/aromatic N) is 1. The Balaban J connectivity index is 0.00000192. The third-order valence-corrected chi connectivity index (χ3v) is 5.45. The molecule has 23 heavy (non-hydrogen) atoms. The average molecular weight is 449 g/mol. The van der Waals surface area contributed by atoms with E-state index < -0.39 is 0 Å². The van der Waals surface area contributed by atoms with Crippen LogP contribution in [0.25, 0.3) is 0 Å². The third kappa shape index (κ3) is 5.24. The lowest BCUT2D eigenvalue weighted by atomic mass is 10.1. The molecule has 1 aromatic rings. The van der Waals surface area contributed by atoms with Crippen LogP contribution in [0.15, 0.2) is 29.3 Å². The van der Waals surface area contributed by atoms with Gasteiger partial charge in [-0.3, -0.25) is 4.99 Å². The number of rotatable bonds is 4. The van der Waals surface area contributed by atoms with Crippen molar-refractivity contribution < 1.29 is 4.39 Å². The van der Waals surface area contributed by atoms with Crippen molar-refractivity contribution in [3.63, 3.8) is 0 Å². The van der Waals surface area contributed by atoms with Gasteiger partial charge >= 0.3 is 0 Å². The molecule has 0 amide bonds. The second-order valence-electron chi connectivity index (χ2n) is 6.00. The summed E-state index contributed by atoms with van der Waals surface area (Å²) in [6.07, 6.45) is 3.45. The predicted molar refractivity (Wildman–Crippen MR) is 108 cm³/mol. The van der Waals surface area contributed by atoms with Crippen molar-refractivity contribution in [1.82, 2.24) is 10.6 Å². The Hall–Kier alpha value is -0.500. The summed E-state index contributed by atoms with van der Waals surface area (Å²) in [5.41, 5.74) is 0.823. The highest BCUT2D eigenvalue weighted by Gasteiger charge is 2.40. The van der Waals surface area contributed by atoms with Crippen molar-refractivity contribution in [2.45, 2.75) is 44.2 Å². The van der Waals surface area contributed by atoms with E-state index in [9.17, 15) is 4.39 Å². The van der Waals surface area contributed by atoms with Crippen LogP contribution < -0.4 is 10.6 Å². The van der Waals surface area contributed by atoms with E-state index in [4.69, 9.17) is 0 Å². The van der Waals surface area contributed by atoms with Crippen molar-refractivity contribution in [1.29, 1.82) is 0 Å². The third-order valence-electron chi connectivity index (χ3n) is 4.23. The Morgan fingerprint density at radius 3 is 2.87 bits per heavy atom. The van der Waals surface area contributed by atoms with Crippen LogP contribution in [0.3, 0.4) is 0 Å². The minimum Gasteiger partial charge on any atom is -0.353 e. The van der Waals surface area contributed by atoms with Gasteiger partial charge in [-0.2, -0.15) is 11.8 Å². The maximum Gasteiger partial charge on any atom is 0.191 e. The van der Waals surface area contributed by atoms with Crippen LogP contribution in [0.2, 0.25) is 0 Å². The van der Waals surface area contributed by atoms with Crippen molar-refractivity contribution >= 4 is 41.7 Å². The first-order valence-electron chi connectivity index (χ1n) is 8.17. The van der Waals surface area contributed by atoms with Crippen LogP contribution in [-0.2, 0) is 0 Å². The van der Waals surface area contributed by atoms with Crippen LogP contribution in [-0.4, -0.2) is 36.1 Å². The summed E-state index contributed by atoms with van der Waals surface area (Å²) < 4.78 is 13.8. The van der Waals surface area contributed by atoms with Gasteiger partial charge in [0.05, 0.1) is 0 Å². The second-order valence-corrected chi connectivity index (χ2v) is 7.15. The van der Waals surface area contributed by atoms with Gasteiger partial charge in [-0.1, -0.05) is 18.2 Å². The predicted octanol–water partition coefficient (Wildman–Crippen LogP) is 3.75. The van der Waals surface area contributed by atoms with E-state index in [0.29, 0.717) is 12.1 Å². The summed E-state index contributed by atoms with van der Waals surface area (Å²) in [6.45, 7) is 2.80. The van der Waals surface area contributed by atoms with Gasteiger partial charge in [-0.25, -0.2) is 4.39 Å². The molecule has 1 aliphatic heterocycles. The van der Waals surface area contributed by atoms with Crippen LogP contribution in [0, 0.1) is 5.82 Å². The van der Waals surface area contributed by atoms with Crippen LogP contribution in [0.5, 0.6) is 0 Å². The SMILES string of the molecule is CCN=C(NC1CCCSC1)NC1CC1c1ccccc1F.I. The lowest BCUT2D eigenvalue weighted by Gasteiger charge is -2.24. The van der Waals surface area contributed by atoms with Gasteiger partial charge in [0.2, 0.25) is 0 Å². The summed E-state index contributed by atoms with van der Waals surface area (Å²) in [6, 6.07) is 7.89. The summed E-state index contributed by atoms with van der Waals surface area (Å²) in [5, 5.41) is 7.02. The fourth-order valence-electron chi connectivity index (χ4n) is 2.99. The first kappa shape index (κ1) is 18.8. The molecule has 2 fully saturated rings. The first-order chi connectivity index (χ1) is 10.8. The highest BCUT2D eigenvalue weighted by atomic mass is 127. The van der Waals surface area contributed by atoms with Gasteiger partial charge in [0.1, 0.15) is 5.82 Å². The molecule has 3 unspecified atom stereocenters. The summed E-state index contributed by atoms with van der Waals surface area (Å²) >= 11 is 2.00. The highest BCUT2D eigenvalue weighted by Crippen LogP contribution is 2.41. The van der Waals surface area contributed by atoms with Gasteiger partial charge in [-0.05, 0) is 43.6 Å². The minimum absolute atomic E-state index is 0. The molecule has 0 bridgehead atoms. The molecule has 0 aromatic heterocycles. The molecule has 3 nitrogen and oxygen atoms in total. The zero-order valence-electron chi connectivity index (χ0n) is 13.4. The normalized spacial score (nSPS) is 27.0. The summed E-state index contributed by atoms with van der Waals surface area (Å²) in [5.74, 6) is 3.47. The van der Waals surface area contributed by atoms with Crippen LogP contribution in [0.4, 0.5) is 4.39 Å². The van der Waals surface area contributed by atoms with Crippen molar-refractivity contribution in [2.24, 2.45) is 4.99 Å². The van der Waals surface area contributed by atoms with E-state index in [1.807, 2.05) is 30.8 Å². The van der Waals surface area contributed by atoms with E-state index in [-0.39, 0.29) is 35.7 Å². The molecule has 1 aromatic carbocycles. The Morgan fingerprint density at radius 2 is 2.17 bits per heavy atom. The quantitative estimate of drug-likeness (QED) is 0.418. The van der Waals surface area contributed by atoms with Crippen molar-refractivity contribution in [3.05, 3.63) is 35.6 Å². The molecule has 128 valence electrons. The van der Waals surface area contributed by atoms with Crippen molar-refractivity contribution in [3.8, 4) is 0 Å². The zero-order valence-corrected chi connectivity index (χ0v) is 16.6. The van der Waals surface area contributed by atoms with E-state index in [0.717, 1.165) is 30.2 Å². The number of aliphatic imine (C=N–C) groups is 1. The number of thioether (sulfide) groups is 1. The number of guanidine groups is 1. The number of nitrogens with one attached hydrogen (secondary N) is 2. The average Bonchev–Trinajstić information content (AvgIpc) is 3.28.